The Balaban J connectivity index is 1.48. The molecule has 0 amide bonds. The highest BCUT2D eigenvalue weighted by molar-refractivity contribution is 5.72. The molecule has 2 fully saturated rings. The van der Waals surface area contributed by atoms with Gasteiger partial charge in [-0.25, -0.2) is 0 Å². The maximum atomic E-state index is 10.2. The lowest BCUT2D eigenvalue weighted by Crippen LogP contribution is -2.49. The lowest BCUT2D eigenvalue weighted by Gasteiger charge is -2.57. The van der Waals surface area contributed by atoms with Crippen LogP contribution in [0.1, 0.15) is 64.4 Å². The molecule has 2 nitrogen and oxygen atoms in total. The fraction of sp³-hybridized carbons (Fsp3) is 0.625. The van der Waals surface area contributed by atoms with E-state index in [1.165, 1.54) is 37.7 Å². The maximum Gasteiger partial charge on any atom is 0.0577 e. The first kappa shape index (κ1) is 16.7. The number of fused-ring (bicyclic) bond motifs is 5. The van der Waals surface area contributed by atoms with Gasteiger partial charge in [0.05, 0.1) is 6.10 Å². The molecule has 1 N–H and O–H groups in total. The Kier molecular flexibility index (Phi) is 3.73. The summed E-state index contributed by atoms with van der Waals surface area (Å²) < 4.78 is 0. The van der Waals surface area contributed by atoms with Crippen molar-refractivity contribution in [2.24, 2.45) is 28.6 Å². The van der Waals surface area contributed by atoms with Gasteiger partial charge in [-0.1, -0.05) is 37.6 Å². The molecule has 0 unspecified atom stereocenters. The average molecular weight is 350 g/mol. The van der Waals surface area contributed by atoms with Gasteiger partial charge in [-0.15, -0.1) is 0 Å². The van der Waals surface area contributed by atoms with Crippen LogP contribution in [0.2, 0.25) is 0 Å². The molecule has 2 heteroatoms. The van der Waals surface area contributed by atoms with E-state index in [0.29, 0.717) is 10.8 Å². The molecule has 0 radical (unpaired) electrons. The van der Waals surface area contributed by atoms with Gasteiger partial charge in [-0.05, 0) is 90.7 Å². The first-order valence-corrected chi connectivity index (χ1v) is 10.5. The molecule has 4 aliphatic carbocycles. The Bertz CT molecular complexity index is 766. The molecular weight excluding hydrogens is 318 g/mol. The van der Waals surface area contributed by atoms with E-state index in [1.54, 1.807) is 11.1 Å². The lowest BCUT2D eigenvalue weighted by molar-refractivity contribution is -0.0238. The summed E-state index contributed by atoms with van der Waals surface area (Å²) in [5, 5.41) is 10.2. The fourth-order valence-electron chi connectivity index (χ4n) is 7.18. The van der Waals surface area contributed by atoms with E-state index in [9.17, 15) is 5.11 Å². The first-order valence-electron chi connectivity index (χ1n) is 10.5. The molecule has 5 rings (SSSR count). The molecule has 6 atom stereocenters. The van der Waals surface area contributed by atoms with Crippen molar-refractivity contribution in [2.75, 3.05) is 0 Å². The molecule has 1 heterocycles. The topological polar surface area (TPSA) is 33.1 Å². The third kappa shape index (κ3) is 2.24. The van der Waals surface area contributed by atoms with E-state index in [1.807, 2.05) is 12.4 Å². The summed E-state index contributed by atoms with van der Waals surface area (Å²) >= 11 is 0. The molecule has 4 aliphatic rings. The zero-order chi connectivity index (χ0) is 17.9. The van der Waals surface area contributed by atoms with E-state index in [-0.39, 0.29) is 6.10 Å². The quantitative estimate of drug-likeness (QED) is 0.689. The van der Waals surface area contributed by atoms with E-state index in [0.717, 1.165) is 30.6 Å². The summed E-state index contributed by atoms with van der Waals surface area (Å²) in [6.07, 6.45) is 17.0. The smallest absolute Gasteiger partial charge is 0.0577 e. The SMILES string of the molecule is C[C@]12CC[C@H](O)CC1=CC[C@H]1[C@H]2CC[C@@]2(C)C(c3cccnc3)=CC[C@H]12. The van der Waals surface area contributed by atoms with E-state index < -0.39 is 0 Å². The van der Waals surface area contributed by atoms with Crippen molar-refractivity contribution < 1.29 is 5.11 Å². The summed E-state index contributed by atoms with van der Waals surface area (Å²) in [6, 6.07) is 4.31. The van der Waals surface area contributed by atoms with Crippen LogP contribution in [0.15, 0.2) is 42.3 Å². The van der Waals surface area contributed by atoms with Crippen LogP contribution in [0.25, 0.3) is 5.57 Å². The van der Waals surface area contributed by atoms with Gasteiger partial charge in [-0.3, -0.25) is 4.98 Å². The van der Waals surface area contributed by atoms with Crippen molar-refractivity contribution >= 4 is 5.57 Å². The Morgan fingerprint density at radius 1 is 1.04 bits per heavy atom. The van der Waals surface area contributed by atoms with Crippen molar-refractivity contribution in [3.05, 3.63) is 47.8 Å². The summed E-state index contributed by atoms with van der Waals surface area (Å²) in [7, 11) is 0. The minimum atomic E-state index is -0.106. The molecule has 0 bridgehead atoms. The Hall–Kier alpha value is -1.41. The normalized spacial score (nSPS) is 44.4. The molecule has 138 valence electrons. The summed E-state index contributed by atoms with van der Waals surface area (Å²) in [6.45, 7) is 5.03. The molecule has 2 saturated carbocycles. The van der Waals surface area contributed by atoms with Crippen LogP contribution in [-0.2, 0) is 0 Å². The van der Waals surface area contributed by atoms with Gasteiger partial charge in [0.2, 0.25) is 0 Å². The summed E-state index contributed by atoms with van der Waals surface area (Å²) in [5.74, 6) is 2.36. The monoisotopic (exact) mass is 349 g/mol. The minimum Gasteiger partial charge on any atom is -0.393 e. The molecule has 0 aromatic carbocycles. The molecule has 1 aromatic rings. The highest BCUT2D eigenvalue weighted by Gasteiger charge is 2.56. The minimum absolute atomic E-state index is 0.106. The Labute approximate surface area is 157 Å². The fourth-order valence-corrected chi connectivity index (χ4v) is 7.18. The van der Waals surface area contributed by atoms with E-state index in [2.05, 4.69) is 43.1 Å². The predicted octanol–water partition coefficient (Wildman–Crippen LogP) is 5.40. The Morgan fingerprint density at radius 3 is 2.69 bits per heavy atom. The lowest BCUT2D eigenvalue weighted by atomic mass is 9.47. The average Bonchev–Trinajstić information content (AvgIpc) is 3.00. The van der Waals surface area contributed by atoms with E-state index >= 15 is 0 Å². The van der Waals surface area contributed by atoms with Gasteiger partial charge in [0.25, 0.3) is 0 Å². The predicted molar refractivity (Wildman–Crippen MR) is 105 cm³/mol. The molecular formula is C24H31NO. The molecule has 0 aliphatic heterocycles. The van der Waals surface area contributed by atoms with Crippen molar-refractivity contribution in [1.29, 1.82) is 0 Å². The zero-order valence-electron chi connectivity index (χ0n) is 16.1. The summed E-state index contributed by atoms with van der Waals surface area (Å²) in [5.41, 5.74) is 5.09. The van der Waals surface area contributed by atoms with Crippen LogP contribution in [-0.4, -0.2) is 16.2 Å². The number of rotatable bonds is 1. The van der Waals surface area contributed by atoms with Crippen LogP contribution in [0.4, 0.5) is 0 Å². The van der Waals surface area contributed by atoms with Crippen LogP contribution in [0.5, 0.6) is 0 Å². The van der Waals surface area contributed by atoms with Gasteiger partial charge in [0.1, 0.15) is 0 Å². The molecule has 0 saturated heterocycles. The Morgan fingerprint density at radius 2 is 1.88 bits per heavy atom. The van der Waals surface area contributed by atoms with Gasteiger partial charge in [0.15, 0.2) is 0 Å². The van der Waals surface area contributed by atoms with Gasteiger partial charge in [-0.2, -0.15) is 0 Å². The second-order valence-electron chi connectivity index (χ2n) is 9.71. The number of nitrogens with zero attached hydrogens (tertiary/aromatic N) is 1. The van der Waals surface area contributed by atoms with Crippen molar-refractivity contribution in [1.82, 2.24) is 4.98 Å². The number of aromatic nitrogens is 1. The molecule has 26 heavy (non-hydrogen) atoms. The highest BCUT2D eigenvalue weighted by Crippen LogP contribution is 2.66. The van der Waals surface area contributed by atoms with E-state index in [4.69, 9.17) is 0 Å². The van der Waals surface area contributed by atoms with Crippen LogP contribution in [0, 0.1) is 28.6 Å². The van der Waals surface area contributed by atoms with Gasteiger partial charge >= 0.3 is 0 Å². The van der Waals surface area contributed by atoms with Crippen LogP contribution in [0.3, 0.4) is 0 Å². The van der Waals surface area contributed by atoms with Crippen molar-refractivity contribution in [2.45, 2.75) is 64.9 Å². The number of allylic oxidation sites excluding steroid dienone is 3. The highest BCUT2D eigenvalue weighted by atomic mass is 16.3. The van der Waals surface area contributed by atoms with Crippen molar-refractivity contribution in [3.63, 3.8) is 0 Å². The first-order chi connectivity index (χ1) is 12.5. The summed E-state index contributed by atoms with van der Waals surface area (Å²) in [4.78, 5) is 4.38. The molecule has 1 aromatic heterocycles. The number of aliphatic hydroxyl groups excluding tert-OH is 1. The second-order valence-corrected chi connectivity index (χ2v) is 9.71. The number of pyridine rings is 1. The number of aliphatic hydroxyl groups is 1. The van der Waals surface area contributed by atoms with Gasteiger partial charge < -0.3 is 5.11 Å². The van der Waals surface area contributed by atoms with Gasteiger partial charge in [0, 0.05) is 12.4 Å². The third-order valence-corrected chi connectivity index (χ3v) is 8.63. The largest absolute Gasteiger partial charge is 0.393 e. The number of hydrogen-bond donors (Lipinski definition) is 1. The molecule has 0 spiro atoms. The zero-order valence-corrected chi connectivity index (χ0v) is 16.1. The third-order valence-electron chi connectivity index (χ3n) is 8.63. The van der Waals surface area contributed by atoms with Crippen LogP contribution >= 0.6 is 0 Å². The van der Waals surface area contributed by atoms with Crippen molar-refractivity contribution in [3.8, 4) is 0 Å². The maximum absolute atomic E-state index is 10.2. The second kappa shape index (κ2) is 5.79. The standard InChI is InChI=1S/C24H31NO/c1-23-11-9-18(26)14-17(23)5-6-19-21-8-7-20(16-4-3-13-25-15-16)24(21,2)12-10-22(19)23/h3-5,7,13,15,18-19,21-22,26H,6,8-12,14H2,1-2H3/t18-,19+,21+,22+,23-,24-/m0/s1. The van der Waals surface area contributed by atoms with Crippen LogP contribution < -0.4 is 0 Å². The number of hydrogen-bond acceptors (Lipinski definition) is 2.